The molecule has 0 bridgehead atoms. The van der Waals surface area contributed by atoms with Crippen molar-refractivity contribution >= 4 is 17.0 Å². The van der Waals surface area contributed by atoms with E-state index in [4.69, 9.17) is 4.82 Å². The second-order valence-electron chi connectivity index (χ2n) is 8.34. The van der Waals surface area contributed by atoms with Crippen LogP contribution in [-0.4, -0.2) is 4.82 Å². The maximum Gasteiger partial charge on any atom is -1.00 e. The summed E-state index contributed by atoms with van der Waals surface area (Å²) in [6.45, 7) is 4.61. The van der Waals surface area contributed by atoms with Crippen LogP contribution in [0, 0.1) is 0 Å². The van der Waals surface area contributed by atoms with Crippen molar-refractivity contribution in [3.05, 3.63) is 81.9 Å². The van der Waals surface area contributed by atoms with E-state index in [1.807, 2.05) is 0 Å². The fraction of sp³-hybridized carbons (Fsp3) is 0.370. The number of halogens is 2. The summed E-state index contributed by atoms with van der Waals surface area (Å²) in [5.41, 5.74) is 9.39. The fourth-order valence-electron chi connectivity index (χ4n) is 5.01. The molecule has 2 aromatic rings. The maximum absolute atomic E-state index is 5.00. The SMILES string of the molecule is [CH2]=[Ti+2]([CH]1C(CCCC)=Cc2ccccc21)[CH]1C(CCCC)=Cc2ccccc21.[Cl-].[Cl-]. The van der Waals surface area contributed by atoms with Gasteiger partial charge >= 0.3 is 177 Å². The summed E-state index contributed by atoms with van der Waals surface area (Å²) in [7, 11) is 0. The van der Waals surface area contributed by atoms with Crippen LogP contribution in [0.3, 0.4) is 0 Å². The van der Waals surface area contributed by atoms with Gasteiger partial charge in [0.2, 0.25) is 0 Å². The van der Waals surface area contributed by atoms with Crippen LogP contribution in [-0.2, 0) is 17.4 Å². The van der Waals surface area contributed by atoms with Gasteiger partial charge in [-0.25, -0.2) is 0 Å². The molecule has 0 aliphatic heterocycles. The van der Waals surface area contributed by atoms with Gasteiger partial charge in [0.25, 0.3) is 0 Å². The van der Waals surface area contributed by atoms with Crippen LogP contribution < -0.4 is 24.8 Å². The van der Waals surface area contributed by atoms with E-state index in [0.29, 0.717) is 8.45 Å². The van der Waals surface area contributed by atoms with E-state index in [9.17, 15) is 0 Å². The van der Waals surface area contributed by atoms with Crippen LogP contribution in [0.25, 0.3) is 12.2 Å². The topological polar surface area (TPSA) is 0 Å². The standard InChI is InChI=1S/2C13H15.CH2.2ClH.Ti/c2*1-2-3-6-11-9-12-7-4-5-8-13(12)10-11;;;;/h2*4-5,7-10H,2-3,6H2,1H3;1H2;2*1H;/q;;;;;+2/p-2. The van der Waals surface area contributed by atoms with Crippen LogP contribution in [0.5, 0.6) is 0 Å². The largest absolute Gasteiger partial charge is 1.00 e. The first-order chi connectivity index (χ1) is 13.7. The molecule has 0 saturated carbocycles. The third-order valence-electron chi connectivity index (χ3n) is 6.42. The van der Waals surface area contributed by atoms with Gasteiger partial charge in [-0.05, 0) is 0 Å². The second kappa shape index (κ2) is 11.6. The molecule has 2 aliphatic carbocycles. The summed E-state index contributed by atoms with van der Waals surface area (Å²) in [6, 6.07) is 18.2. The molecule has 0 radical (unpaired) electrons. The first-order valence-corrected chi connectivity index (χ1v) is 13.9. The summed E-state index contributed by atoms with van der Waals surface area (Å²) < 4.78 is 1.23. The predicted molar refractivity (Wildman–Crippen MR) is 120 cm³/mol. The van der Waals surface area contributed by atoms with E-state index in [2.05, 4.69) is 74.5 Å². The maximum atomic E-state index is 5.00. The van der Waals surface area contributed by atoms with Gasteiger partial charge < -0.3 is 24.8 Å². The summed E-state index contributed by atoms with van der Waals surface area (Å²) in [5, 5.41) is 0. The molecule has 30 heavy (non-hydrogen) atoms. The van der Waals surface area contributed by atoms with E-state index >= 15 is 0 Å². The minimum absolute atomic E-state index is 0. The minimum Gasteiger partial charge on any atom is -1.00 e. The zero-order valence-electron chi connectivity index (χ0n) is 18.1. The van der Waals surface area contributed by atoms with Crippen molar-refractivity contribution in [3.63, 3.8) is 0 Å². The van der Waals surface area contributed by atoms with Crippen molar-refractivity contribution in [1.82, 2.24) is 0 Å². The van der Waals surface area contributed by atoms with Crippen molar-refractivity contribution in [2.75, 3.05) is 0 Å². The van der Waals surface area contributed by atoms with Crippen molar-refractivity contribution < 1.29 is 42.2 Å². The van der Waals surface area contributed by atoms with Gasteiger partial charge in [-0.1, -0.05) is 0 Å². The van der Waals surface area contributed by atoms with Crippen molar-refractivity contribution in [2.45, 2.75) is 60.8 Å². The summed E-state index contributed by atoms with van der Waals surface area (Å²) >= 11 is -1.71. The van der Waals surface area contributed by atoms with Crippen LogP contribution in [0.4, 0.5) is 0 Å². The van der Waals surface area contributed by atoms with E-state index in [-0.39, 0.29) is 24.8 Å². The molecular formula is C27H32Cl2Ti. The zero-order valence-corrected chi connectivity index (χ0v) is 21.2. The van der Waals surface area contributed by atoms with Crippen molar-refractivity contribution in [2.24, 2.45) is 0 Å². The molecule has 2 unspecified atom stereocenters. The Morgan fingerprint density at radius 3 is 1.50 bits per heavy atom. The van der Waals surface area contributed by atoms with Gasteiger partial charge in [-0.3, -0.25) is 0 Å². The average Bonchev–Trinajstić information content (AvgIpc) is 3.28. The molecule has 0 heterocycles. The molecule has 2 aromatic carbocycles. The minimum atomic E-state index is -1.71. The molecule has 0 saturated heterocycles. The fourth-order valence-corrected chi connectivity index (χ4v) is 9.80. The Kier molecular flexibility index (Phi) is 9.83. The Hall–Kier alpha value is -0.916. The Balaban J connectivity index is 0.00000160. The summed E-state index contributed by atoms with van der Waals surface area (Å²) in [6.07, 6.45) is 12.6. The first-order valence-electron chi connectivity index (χ1n) is 11.0. The Morgan fingerprint density at radius 2 is 1.10 bits per heavy atom. The molecule has 3 heteroatoms. The first kappa shape index (κ1) is 25.3. The normalized spacial score (nSPS) is 18.2. The van der Waals surface area contributed by atoms with E-state index in [1.165, 1.54) is 49.7 Å². The van der Waals surface area contributed by atoms with Gasteiger partial charge in [0.15, 0.2) is 0 Å². The van der Waals surface area contributed by atoms with Gasteiger partial charge in [-0.15, -0.1) is 0 Å². The monoisotopic (exact) mass is 474 g/mol. The van der Waals surface area contributed by atoms with Crippen LogP contribution in [0.2, 0.25) is 0 Å². The van der Waals surface area contributed by atoms with Crippen molar-refractivity contribution in [3.8, 4) is 0 Å². The number of hydrogen-bond donors (Lipinski definition) is 0. The number of unbranched alkanes of at least 4 members (excludes halogenated alkanes) is 2. The van der Waals surface area contributed by atoms with Crippen molar-refractivity contribution in [1.29, 1.82) is 0 Å². The smallest absolute Gasteiger partial charge is 1.00 e. The summed E-state index contributed by atoms with van der Waals surface area (Å²) in [4.78, 5) is 5.00. The van der Waals surface area contributed by atoms with Gasteiger partial charge in [-0.2, -0.15) is 0 Å². The third kappa shape index (κ3) is 4.94. The Bertz CT molecular complexity index is 866. The molecule has 0 N–H and O–H groups in total. The van der Waals surface area contributed by atoms with Crippen LogP contribution >= 0.6 is 0 Å². The second-order valence-corrected chi connectivity index (χ2v) is 11.9. The molecule has 158 valence electrons. The Morgan fingerprint density at radius 1 is 0.700 bits per heavy atom. The molecular weight excluding hydrogens is 443 g/mol. The molecule has 2 atom stereocenters. The number of rotatable bonds is 8. The van der Waals surface area contributed by atoms with Gasteiger partial charge in [0.1, 0.15) is 0 Å². The molecule has 0 amide bonds. The molecule has 4 rings (SSSR count). The van der Waals surface area contributed by atoms with E-state index < -0.39 is 17.4 Å². The number of fused-ring (bicyclic) bond motifs is 2. The Labute approximate surface area is 201 Å². The van der Waals surface area contributed by atoms with Gasteiger partial charge in [0.05, 0.1) is 0 Å². The zero-order chi connectivity index (χ0) is 19.5. The molecule has 0 fully saturated rings. The van der Waals surface area contributed by atoms with Crippen LogP contribution in [0.15, 0.2) is 59.7 Å². The predicted octanol–water partition coefficient (Wildman–Crippen LogP) is 1.70. The number of benzene rings is 2. The average molecular weight is 475 g/mol. The molecule has 0 nitrogen and oxygen atoms in total. The molecule has 0 spiro atoms. The summed E-state index contributed by atoms with van der Waals surface area (Å²) in [5.74, 6) is 0. The third-order valence-corrected chi connectivity index (χ3v) is 10.9. The van der Waals surface area contributed by atoms with E-state index in [1.54, 1.807) is 22.3 Å². The van der Waals surface area contributed by atoms with Crippen LogP contribution in [0.1, 0.15) is 83.1 Å². The molecule has 0 aromatic heterocycles. The van der Waals surface area contributed by atoms with E-state index in [0.717, 1.165) is 0 Å². The molecule has 2 aliphatic rings. The van der Waals surface area contributed by atoms with Gasteiger partial charge in [0, 0.05) is 0 Å². The quantitative estimate of drug-likeness (QED) is 0.511. The number of allylic oxidation sites excluding steroid dienone is 2. The number of hydrogen-bond acceptors (Lipinski definition) is 0.